The Morgan fingerprint density at radius 1 is 1.53 bits per heavy atom. The Kier molecular flexibility index (Phi) is 3.00. The second kappa shape index (κ2) is 4.27. The molecule has 1 amide bonds. The minimum absolute atomic E-state index is 0.222. The lowest BCUT2D eigenvalue weighted by atomic mass is 10.1. The quantitative estimate of drug-likeness (QED) is 0.764. The number of carbonyl (C=O) groups is 1. The van der Waals surface area contributed by atoms with Crippen molar-refractivity contribution in [3.05, 3.63) is 29.8 Å². The highest BCUT2D eigenvalue weighted by Gasteiger charge is 2.29. The van der Waals surface area contributed by atoms with Crippen LogP contribution in [0.15, 0.2) is 24.3 Å². The van der Waals surface area contributed by atoms with Gasteiger partial charge in [0.15, 0.2) is 0 Å². The number of amides is 1. The average molecular weight is 221 g/mol. The molecular formula is C12H15NOS. The molecule has 1 aliphatic rings. The largest absolute Gasteiger partial charge is 0.308 e. The van der Waals surface area contributed by atoms with Crippen molar-refractivity contribution in [3.8, 4) is 0 Å². The first-order valence-corrected chi connectivity index (χ1v) is 6.52. The fourth-order valence-electron chi connectivity index (χ4n) is 2.14. The standard InChI is InChI=1S/C12H15NOS/c1-9-7-10-5-3-4-6-11(10)13(9)12(14)8-15-2/h3-6,9H,7-8H2,1-2H3. The topological polar surface area (TPSA) is 20.3 Å². The summed E-state index contributed by atoms with van der Waals surface area (Å²) in [5.41, 5.74) is 2.39. The summed E-state index contributed by atoms with van der Waals surface area (Å²) in [6.45, 7) is 2.11. The van der Waals surface area contributed by atoms with Gasteiger partial charge in [0.25, 0.3) is 0 Å². The van der Waals surface area contributed by atoms with Crippen LogP contribution in [0.5, 0.6) is 0 Å². The molecule has 0 bridgehead atoms. The lowest BCUT2D eigenvalue weighted by Gasteiger charge is -2.22. The van der Waals surface area contributed by atoms with Crippen molar-refractivity contribution in [2.24, 2.45) is 0 Å². The molecule has 1 unspecified atom stereocenters. The third kappa shape index (κ3) is 1.88. The molecule has 3 heteroatoms. The Hall–Kier alpha value is -0.960. The zero-order valence-electron chi connectivity index (χ0n) is 9.06. The maximum atomic E-state index is 11.9. The van der Waals surface area contributed by atoms with Gasteiger partial charge in [-0.1, -0.05) is 18.2 Å². The average Bonchev–Trinajstić information content (AvgIpc) is 2.54. The highest BCUT2D eigenvalue weighted by Crippen LogP contribution is 2.31. The van der Waals surface area contributed by atoms with E-state index < -0.39 is 0 Å². The summed E-state index contributed by atoms with van der Waals surface area (Å²) >= 11 is 1.58. The Labute approximate surface area is 94.7 Å². The summed E-state index contributed by atoms with van der Waals surface area (Å²) in [5, 5.41) is 0. The lowest BCUT2D eigenvalue weighted by Crippen LogP contribution is -2.36. The Morgan fingerprint density at radius 3 is 3.00 bits per heavy atom. The van der Waals surface area contributed by atoms with Crippen LogP contribution in [-0.2, 0) is 11.2 Å². The number of anilines is 1. The molecule has 15 heavy (non-hydrogen) atoms. The van der Waals surface area contributed by atoms with Crippen LogP contribution in [0.2, 0.25) is 0 Å². The number of fused-ring (bicyclic) bond motifs is 1. The molecule has 0 aliphatic carbocycles. The second-order valence-corrected chi connectivity index (χ2v) is 4.74. The van der Waals surface area contributed by atoms with E-state index in [-0.39, 0.29) is 5.91 Å². The molecule has 1 atom stereocenters. The zero-order valence-corrected chi connectivity index (χ0v) is 9.88. The Balaban J connectivity index is 2.29. The number of nitrogens with zero attached hydrogens (tertiary/aromatic N) is 1. The summed E-state index contributed by atoms with van der Waals surface area (Å²) in [7, 11) is 0. The number of hydrogen-bond donors (Lipinski definition) is 0. The second-order valence-electron chi connectivity index (χ2n) is 3.88. The van der Waals surface area contributed by atoms with E-state index >= 15 is 0 Å². The molecule has 80 valence electrons. The van der Waals surface area contributed by atoms with Crippen molar-refractivity contribution < 1.29 is 4.79 Å². The van der Waals surface area contributed by atoms with Crippen LogP contribution >= 0.6 is 11.8 Å². The van der Waals surface area contributed by atoms with Crippen molar-refractivity contribution in [1.29, 1.82) is 0 Å². The van der Waals surface area contributed by atoms with Crippen LogP contribution in [-0.4, -0.2) is 24.0 Å². The maximum absolute atomic E-state index is 11.9. The summed E-state index contributed by atoms with van der Waals surface area (Å²) in [6.07, 6.45) is 2.95. The van der Waals surface area contributed by atoms with Crippen LogP contribution in [0.4, 0.5) is 5.69 Å². The van der Waals surface area contributed by atoms with Gasteiger partial charge in [0.2, 0.25) is 5.91 Å². The first-order valence-electron chi connectivity index (χ1n) is 5.13. The van der Waals surface area contributed by atoms with Crippen molar-refractivity contribution in [3.63, 3.8) is 0 Å². The lowest BCUT2D eigenvalue weighted by molar-refractivity contribution is -0.116. The Bertz CT molecular complexity index is 378. The molecule has 0 saturated carbocycles. The molecule has 0 saturated heterocycles. The van der Waals surface area contributed by atoms with Gasteiger partial charge in [0, 0.05) is 11.7 Å². The van der Waals surface area contributed by atoms with Crippen LogP contribution in [0.25, 0.3) is 0 Å². The maximum Gasteiger partial charge on any atom is 0.237 e. The van der Waals surface area contributed by atoms with Gasteiger partial charge >= 0.3 is 0 Å². The van der Waals surface area contributed by atoms with Crippen molar-refractivity contribution >= 4 is 23.4 Å². The van der Waals surface area contributed by atoms with E-state index in [1.54, 1.807) is 11.8 Å². The molecule has 2 rings (SSSR count). The van der Waals surface area contributed by atoms with Crippen molar-refractivity contribution in [2.75, 3.05) is 16.9 Å². The van der Waals surface area contributed by atoms with Crippen molar-refractivity contribution in [1.82, 2.24) is 0 Å². The third-order valence-electron chi connectivity index (χ3n) is 2.74. The molecule has 1 aromatic carbocycles. The molecule has 1 aromatic rings. The fourth-order valence-corrected chi connectivity index (χ4v) is 2.52. The number of thioether (sulfide) groups is 1. The number of hydrogen-bond acceptors (Lipinski definition) is 2. The molecule has 0 spiro atoms. The number of para-hydroxylation sites is 1. The highest BCUT2D eigenvalue weighted by atomic mass is 32.2. The predicted molar refractivity (Wildman–Crippen MR) is 65.5 cm³/mol. The van der Waals surface area contributed by atoms with Gasteiger partial charge in [-0.2, -0.15) is 11.8 Å². The van der Waals surface area contributed by atoms with Gasteiger partial charge in [0.1, 0.15) is 0 Å². The van der Waals surface area contributed by atoms with Crippen LogP contribution in [0.3, 0.4) is 0 Å². The van der Waals surface area contributed by atoms with Gasteiger partial charge in [-0.25, -0.2) is 0 Å². The third-order valence-corrected chi connectivity index (χ3v) is 3.28. The molecule has 2 nitrogen and oxygen atoms in total. The van der Waals surface area contributed by atoms with E-state index in [9.17, 15) is 4.79 Å². The predicted octanol–water partition coefficient (Wildman–Crippen LogP) is 2.33. The molecule has 0 N–H and O–H groups in total. The van der Waals surface area contributed by atoms with E-state index in [0.717, 1.165) is 12.1 Å². The van der Waals surface area contributed by atoms with Gasteiger partial charge in [-0.05, 0) is 31.2 Å². The number of rotatable bonds is 2. The van der Waals surface area contributed by atoms with Gasteiger partial charge in [-0.3, -0.25) is 4.79 Å². The summed E-state index contributed by atoms with van der Waals surface area (Å²) < 4.78 is 0. The van der Waals surface area contributed by atoms with Gasteiger partial charge in [-0.15, -0.1) is 0 Å². The highest BCUT2D eigenvalue weighted by molar-refractivity contribution is 7.99. The van der Waals surface area contributed by atoms with E-state index in [0.29, 0.717) is 11.8 Å². The molecule has 0 aromatic heterocycles. The molecule has 1 aliphatic heterocycles. The summed E-state index contributed by atoms with van der Waals surface area (Å²) in [6, 6.07) is 8.49. The van der Waals surface area contributed by atoms with Crippen molar-refractivity contribution in [2.45, 2.75) is 19.4 Å². The molecule has 1 heterocycles. The number of carbonyl (C=O) groups excluding carboxylic acids is 1. The molecule has 0 fully saturated rings. The monoisotopic (exact) mass is 221 g/mol. The first kappa shape index (κ1) is 10.6. The minimum atomic E-state index is 0.222. The fraction of sp³-hybridized carbons (Fsp3) is 0.417. The Morgan fingerprint density at radius 2 is 2.27 bits per heavy atom. The van der Waals surface area contributed by atoms with E-state index in [2.05, 4.69) is 13.0 Å². The molecule has 0 radical (unpaired) electrons. The zero-order chi connectivity index (χ0) is 10.8. The van der Waals surface area contributed by atoms with Crippen LogP contribution < -0.4 is 4.90 Å². The summed E-state index contributed by atoms with van der Waals surface area (Å²) in [4.78, 5) is 13.9. The normalized spacial score (nSPS) is 19.1. The van der Waals surface area contributed by atoms with Crippen LogP contribution in [0, 0.1) is 0 Å². The smallest absolute Gasteiger partial charge is 0.237 e. The number of benzene rings is 1. The van der Waals surface area contributed by atoms with Crippen LogP contribution in [0.1, 0.15) is 12.5 Å². The first-order chi connectivity index (χ1) is 7.24. The van der Waals surface area contributed by atoms with E-state index in [1.807, 2.05) is 29.4 Å². The van der Waals surface area contributed by atoms with Gasteiger partial charge in [0.05, 0.1) is 5.75 Å². The summed E-state index contributed by atoms with van der Waals surface area (Å²) in [5.74, 6) is 0.790. The molecular weight excluding hydrogens is 206 g/mol. The van der Waals surface area contributed by atoms with E-state index in [1.165, 1.54) is 5.56 Å². The minimum Gasteiger partial charge on any atom is -0.308 e. The SMILES string of the molecule is CSCC(=O)N1c2ccccc2CC1C. The van der Waals surface area contributed by atoms with E-state index in [4.69, 9.17) is 0 Å². The van der Waals surface area contributed by atoms with Gasteiger partial charge < -0.3 is 4.90 Å².